The lowest BCUT2D eigenvalue weighted by atomic mass is 10.1. The molecular formula is C20H23ClN4O4. The van der Waals surface area contributed by atoms with E-state index in [1.807, 2.05) is 4.90 Å². The second-order valence-electron chi connectivity index (χ2n) is 6.65. The van der Waals surface area contributed by atoms with Crippen molar-refractivity contribution >= 4 is 34.6 Å². The maximum atomic E-state index is 12.7. The van der Waals surface area contributed by atoms with Gasteiger partial charge < -0.3 is 19.9 Å². The van der Waals surface area contributed by atoms with Crippen molar-refractivity contribution in [2.45, 2.75) is 6.92 Å². The molecular weight excluding hydrogens is 396 g/mol. The Labute approximate surface area is 174 Å². The number of methoxy groups -OCH3 is 1. The third kappa shape index (κ3) is 4.60. The lowest BCUT2D eigenvalue weighted by molar-refractivity contribution is -0.384. The predicted octanol–water partition coefficient (Wildman–Crippen LogP) is 3.65. The van der Waals surface area contributed by atoms with Crippen LogP contribution in [0, 0.1) is 10.1 Å². The summed E-state index contributed by atoms with van der Waals surface area (Å²) in [4.78, 5) is 28.1. The van der Waals surface area contributed by atoms with Crippen LogP contribution >= 0.6 is 11.6 Å². The van der Waals surface area contributed by atoms with Crippen molar-refractivity contribution in [1.82, 2.24) is 4.90 Å². The molecule has 9 heteroatoms. The summed E-state index contributed by atoms with van der Waals surface area (Å²) in [7, 11) is 1.49. The number of nitrogens with zero attached hydrogens (tertiary/aromatic N) is 3. The first-order valence-electron chi connectivity index (χ1n) is 9.34. The van der Waals surface area contributed by atoms with Gasteiger partial charge in [-0.2, -0.15) is 0 Å². The Balaban J connectivity index is 1.91. The maximum absolute atomic E-state index is 12.7. The van der Waals surface area contributed by atoms with E-state index in [9.17, 15) is 14.9 Å². The van der Waals surface area contributed by atoms with Gasteiger partial charge in [0.25, 0.3) is 11.6 Å². The molecule has 29 heavy (non-hydrogen) atoms. The molecule has 1 amide bonds. The van der Waals surface area contributed by atoms with Gasteiger partial charge in [0.1, 0.15) is 11.4 Å². The molecule has 0 aliphatic carbocycles. The first-order chi connectivity index (χ1) is 13.9. The van der Waals surface area contributed by atoms with Crippen LogP contribution in [0.4, 0.5) is 17.1 Å². The van der Waals surface area contributed by atoms with Crippen LogP contribution in [-0.2, 0) is 0 Å². The summed E-state index contributed by atoms with van der Waals surface area (Å²) in [5.74, 6) is 0.0268. The molecule has 3 rings (SSSR count). The number of para-hydroxylation sites is 1. The number of hydrogen-bond acceptors (Lipinski definition) is 6. The minimum absolute atomic E-state index is 0.0739. The molecule has 1 fully saturated rings. The van der Waals surface area contributed by atoms with Crippen molar-refractivity contribution in [3.05, 3.63) is 57.1 Å². The van der Waals surface area contributed by atoms with Crippen LogP contribution in [-0.4, -0.2) is 55.6 Å². The van der Waals surface area contributed by atoms with Crippen LogP contribution in [0.25, 0.3) is 0 Å². The highest BCUT2D eigenvalue weighted by Gasteiger charge is 2.26. The van der Waals surface area contributed by atoms with Gasteiger partial charge in [0, 0.05) is 32.2 Å². The van der Waals surface area contributed by atoms with Crippen LogP contribution < -0.4 is 15.0 Å². The van der Waals surface area contributed by atoms with E-state index in [1.165, 1.54) is 13.2 Å². The van der Waals surface area contributed by atoms with Crippen LogP contribution in [0.3, 0.4) is 0 Å². The normalized spacial score (nSPS) is 14.5. The smallest absolute Gasteiger partial charge is 0.294 e. The van der Waals surface area contributed by atoms with Crippen LogP contribution in [0.15, 0.2) is 36.4 Å². The number of nitro benzene ring substituents is 1. The maximum Gasteiger partial charge on any atom is 0.294 e. The molecule has 1 N–H and O–H groups in total. The van der Waals surface area contributed by atoms with E-state index in [-0.39, 0.29) is 10.7 Å². The van der Waals surface area contributed by atoms with Crippen molar-refractivity contribution in [2.75, 3.05) is 50.1 Å². The lowest BCUT2D eigenvalue weighted by Crippen LogP contribution is -2.46. The first kappa shape index (κ1) is 20.9. The average molecular weight is 419 g/mol. The summed E-state index contributed by atoms with van der Waals surface area (Å²) >= 11 is 6.26. The van der Waals surface area contributed by atoms with E-state index in [2.05, 4.69) is 17.1 Å². The highest BCUT2D eigenvalue weighted by molar-refractivity contribution is 6.34. The summed E-state index contributed by atoms with van der Waals surface area (Å²) in [6.07, 6.45) is 0. The van der Waals surface area contributed by atoms with Gasteiger partial charge in [-0.25, -0.2) is 0 Å². The van der Waals surface area contributed by atoms with Gasteiger partial charge in [-0.15, -0.1) is 0 Å². The molecule has 8 nitrogen and oxygen atoms in total. The Kier molecular flexibility index (Phi) is 6.56. The van der Waals surface area contributed by atoms with E-state index in [0.717, 1.165) is 19.6 Å². The van der Waals surface area contributed by atoms with Crippen molar-refractivity contribution in [2.24, 2.45) is 0 Å². The largest absolute Gasteiger partial charge is 0.496 e. The quantitative estimate of drug-likeness (QED) is 0.569. The zero-order chi connectivity index (χ0) is 21.0. The van der Waals surface area contributed by atoms with Gasteiger partial charge in [-0.05, 0) is 24.7 Å². The average Bonchev–Trinajstić information content (AvgIpc) is 2.74. The number of likely N-dealkylation sites (N-methyl/N-ethyl adjacent to an activating group) is 1. The van der Waals surface area contributed by atoms with E-state index >= 15 is 0 Å². The molecule has 154 valence electrons. The zero-order valence-corrected chi connectivity index (χ0v) is 17.1. The van der Waals surface area contributed by atoms with Crippen molar-refractivity contribution in [1.29, 1.82) is 0 Å². The second-order valence-corrected chi connectivity index (χ2v) is 7.06. The molecule has 0 aromatic heterocycles. The van der Waals surface area contributed by atoms with Crippen LogP contribution in [0.1, 0.15) is 17.3 Å². The Bertz CT molecular complexity index is 913. The second kappa shape index (κ2) is 9.11. The molecule has 0 radical (unpaired) electrons. The van der Waals surface area contributed by atoms with Gasteiger partial charge in [0.2, 0.25) is 0 Å². The fourth-order valence-electron chi connectivity index (χ4n) is 3.37. The predicted molar refractivity (Wildman–Crippen MR) is 113 cm³/mol. The van der Waals surface area contributed by atoms with Gasteiger partial charge in [0.05, 0.1) is 28.3 Å². The summed E-state index contributed by atoms with van der Waals surface area (Å²) in [6.45, 7) is 5.99. The summed E-state index contributed by atoms with van der Waals surface area (Å²) in [6, 6.07) is 9.69. The number of hydrogen-bond donors (Lipinski definition) is 1. The third-order valence-corrected chi connectivity index (χ3v) is 5.33. The number of carbonyl (C=O) groups is 1. The van der Waals surface area contributed by atoms with E-state index in [1.54, 1.807) is 30.3 Å². The molecule has 1 aliphatic heterocycles. The number of ether oxygens (including phenoxy) is 1. The number of rotatable bonds is 6. The number of nitrogens with one attached hydrogen (secondary N) is 1. The number of halogens is 1. The Morgan fingerprint density at radius 2 is 1.93 bits per heavy atom. The number of amides is 1. The summed E-state index contributed by atoms with van der Waals surface area (Å²) in [5, 5.41) is 14.4. The minimum Gasteiger partial charge on any atom is -0.496 e. The Morgan fingerprint density at radius 3 is 2.55 bits per heavy atom. The van der Waals surface area contributed by atoms with Crippen LogP contribution in [0.5, 0.6) is 5.75 Å². The molecule has 0 spiro atoms. The standard InChI is InChI=1S/C20H23ClN4O4/c1-3-23-8-10-24(11-9-23)17-13-16(15(21)12-18(17)25(27)28)22-20(26)14-6-4-5-7-19(14)29-2/h4-7,12-13H,3,8-11H2,1-2H3,(H,22,26). The molecule has 2 aromatic carbocycles. The van der Waals surface area contributed by atoms with E-state index in [0.29, 0.717) is 35.8 Å². The monoisotopic (exact) mass is 418 g/mol. The SMILES string of the molecule is CCN1CCN(c2cc(NC(=O)c3ccccc3OC)c(Cl)cc2[N+](=O)[O-])CC1. The highest BCUT2D eigenvalue weighted by Crippen LogP contribution is 2.37. The summed E-state index contributed by atoms with van der Waals surface area (Å²) < 4.78 is 5.23. The topological polar surface area (TPSA) is 88.0 Å². The fraction of sp³-hybridized carbons (Fsp3) is 0.350. The minimum atomic E-state index is -0.445. The fourth-order valence-corrected chi connectivity index (χ4v) is 3.58. The molecule has 0 atom stereocenters. The zero-order valence-electron chi connectivity index (χ0n) is 16.4. The summed E-state index contributed by atoms with van der Waals surface area (Å²) in [5.41, 5.74) is 1.05. The lowest BCUT2D eigenvalue weighted by Gasteiger charge is -2.35. The molecule has 2 aromatic rings. The van der Waals surface area contributed by atoms with Gasteiger partial charge in [-0.1, -0.05) is 30.7 Å². The highest BCUT2D eigenvalue weighted by atomic mass is 35.5. The molecule has 0 bridgehead atoms. The van der Waals surface area contributed by atoms with E-state index in [4.69, 9.17) is 16.3 Å². The number of piperazine rings is 1. The molecule has 0 saturated carbocycles. The number of carbonyl (C=O) groups excluding carboxylic acids is 1. The molecule has 1 aliphatic rings. The van der Waals surface area contributed by atoms with Crippen molar-refractivity contribution < 1.29 is 14.5 Å². The van der Waals surface area contributed by atoms with Crippen molar-refractivity contribution in [3.8, 4) is 5.75 Å². The molecule has 1 saturated heterocycles. The number of benzene rings is 2. The molecule has 0 unspecified atom stereocenters. The Morgan fingerprint density at radius 1 is 1.24 bits per heavy atom. The van der Waals surface area contributed by atoms with Gasteiger partial charge in [-0.3, -0.25) is 14.9 Å². The van der Waals surface area contributed by atoms with E-state index < -0.39 is 10.8 Å². The number of anilines is 2. The van der Waals surface area contributed by atoms with Crippen LogP contribution in [0.2, 0.25) is 5.02 Å². The first-order valence-corrected chi connectivity index (χ1v) is 9.72. The van der Waals surface area contributed by atoms with Gasteiger partial charge in [0.15, 0.2) is 0 Å². The third-order valence-electron chi connectivity index (χ3n) is 5.02. The Hall–Kier alpha value is -2.84. The van der Waals surface area contributed by atoms with Crippen molar-refractivity contribution in [3.63, 3.8) is 0 Å². The number of nitro groups is 1. The van der Waals surface area contributed by atoms with Gasteiger partial charge >= 0.3 is 0 Å². The molecule has 1 heterocycles.